The summed E-state index contributed by atoms with van der Waals surface area (Å²) in [6.45, 7) is 3.84. The number of aromatic nitrogens is 4. The highest BCUT2D eigenvalue weighted by Crippen LogP contribution is 2.17. The van der Waals surface area contributed by atoms with E-state index in [0.717, 1.165) is 22.6 Å². The fourth-order valence-corrected chi connectivity index (χ4v) is 2.15. The third kappa shape index (κ3) is 2.72. The zero-order valence-electron chi connectivity index (χ0n) is 12.2. The molecule has 5 heteroatoms. The molecule has 108 valence electrons. The first-order chi connectivity index (χ1) is 10.6. The van der Waals surface area contributed by atoms with Crippen LogP contribution in [0.2, 0.25) is 0 Å². The van der Waals surface area contributed by atoms with Crippen molar-refractivity contribution in [3.05, 3.63) is 71.3 Å². The number of rotatable bonds is 1. The van der Waals surface area contributed by atoms with Gasteiger partial charge in [-0.3, -0.25) is 0 Å². The number of halogens is 1. The van der Waals surface area contributed by atoms with Crippen molar-refractivity contribution in [2.24, 2.45) is 0 Å². The van der Waals surface area contributed by atoms with Crippen molar-refractivity contribution in [2.45, 2.75) is 13.8 Å². The molecule has 0 saturated heterocycles. The minimum absolute atomic E-state index is 0.269. The average Bonchev–Trinajstić information content (AvgIpc) is 2.82. The van der Waals surface area contributed by atoms with E-state index in [1.54, 1.807) is 29.1 Å². The van der Waals surface area contributed by atoms with Crippen molar-refractivity contribution in [3.8, 4) is 17.5 Å². The summed E-state index contributed by atoms with van der Waals surface area (Å²) in [4.78, 5) is 7.93. The second-order valence-electron chi connectivity index (χ2n) is 4.78. The van der Waals surface area contributed by atoms with Crippen LogP contribution in [0.25, 0.3) is 5.69 Å². The minimum Gasteiger partial charge on any atom is -0.245 e. The summed E-state index contributed by atoms with van der Waals surface area (Å²) < 4.78 is 14.8. The lowest BCUT2D eigenvalue weighted by Gasteiger charge is -2.03. The Balaban J connectivity index is 2.01. The van der Waals surface area contributed by atoms with Crippen LogP contribution in [-0.4, -0.2) is 19.7 Å². The smallest absolute Gasteiger partial charge is 0.123 e. The van der Waals surface area contributed by atoms with Gasteiger partial charge in [-0.2, -0.15) is 5.10 Å². The lowest BCUT2D eigenvalue weighted by Crippen LogP contribution is -1.99. The summed E-state index contributed by atoms with van der Waals surface area (Å²) in [7, 11) is 0. The number of hydrogen-bond donors (Lipinski definition) is 0. The standard InChI is InChI=1S/C17H13FN4/c1-12-17(8-5-15-9-10-19-11-20-15)13(2)22(21-12)16-6-3-14(18)4-7-16/h3-4,6-7,9-11H,1-2H3. The molecule has 0 aliphatic heterocycles. The lowest BCUT2D eigenvalue weighted by molar-refractivity contribution is 0.627. The summed E-state index contributed by atoms with van der Waals surface area (Å²) in [5.74, 6) is 5.83. The Morgan fingerprint density at radius 3 is 2.50 bits per heavy atom. The molecule has 0 N–H and O–H groups in total. The van der Waals surface area contributed by atoms with Crippen LogP contribution in [0.1, 0.15) is 22.6 Å². The molecule has 0 atom stereocenters. The van der Waals surface area contributed by atoms with Gasteiger partial charge in [0.15, 0.2) is 0 Å². The van der Waals surface area contributed by atoms with Crippen LogP contribution in [0.4, 0.5) is 4.39 Å². The third-order valence-corrected chi connectivity index (χ3v) is 3.26. The van der Waals surface area contributed by atoms with Crippen LogP contribution >= 0.6 is 0 Å². The highest BCUT2D eigenvalue weighted by Gasteiger charge is 2.11. The first-order valence-corrected chi connectivity index (χ1v) is 6.75. The molecule has 0 amide bonds. The summed E-state index contributed by atoms with van der Waals surface area (Å²) in [6, 6.07) is 7.96. The Morgan fingerprint density at radius 1 is 1.05 bits per heavy atom. The molecular weight excluding hydrogens is 279 g/mol. The zero-order chi connectivity index (χ0) is 15.5. The van der Waals surface area contributed by atoms with Crippen LogP contribution in [0, 0.1) is 31.5 Å². The number of hydrogen-bond acceptors (Lipinski definition) is 3. The summed E-state index contributed by atoms with van der Waals surface area (Å²) in [5, 5.41) is 4.48. The molecule has 0 spiro atoms. The van der Waals surface area contributed by atoms with Gasteiger partial charge in [-0.05, 0) is 50.1 Å². The SMILES string of the molecule is Cc1nn(-c2ccc(F)cc2)c(C)c1C#Cc1ccncn1. The molecule has 1 aromatic carbocycles. The van der Waals surface area contributed by atoms with E-state index in [1.165, 1.54) is 18.5 Å². The molecule has 0 radical (unpaired) electrons. The van der Waals surface area contributed by atoms with Gasteiger partial charge >= 0.3 is 0 Å². The van der Waals surface area contributed by atoms with Gasteiger partial charge in [0, 0.05) is 6.20 Å². The molecule has 3 rings (SSSR count). The van der Waals surface area contributed by atoms with Crippen molar-refractivity contribution in [1.82, 2.24) is 19.7 Å². The van der Waals surface area contributed by atoms with E-state index in [9.17, 15) is 4.39 Å². The summed E-state index contributed by atoms with van der Waals surface area (Å²) in [5.41, 5.74) is 4.04. The summed E-state index contributed by atoms with van der Waals surface area (Å²) >= 11 is 0. The molecule has 22 heavy (non-hydrogen) atoms. The maximum Gasteiger partial charge on any atom is 0.123 e. The van der Waals surface area contributed by atoms with E-state index in [-0.39, 0.29) is 5.82 Å². The number of nitrogens with zero attached hydrogens (tertiary/aromatic N) is 4. The lowest BCUT2D eigenvalue weighted by atomic mass is 10.2. The van der Waals surface area contributed by atoms with Crippen molar-refractivity contribution in [3.63, 3.8) is 0 Å². The third-order valence-electron chi connectivity index (χ3n) is 3.26. The van der Waals surface area contributed by atoms with Gasteiger partial charge in [0.05, 0.1) is 22.6 Å². The zero-order valence-corrected chi connectivity index (χ0v) is 12.2. The average molecular weight is 292 g/mol. The molecule has 2 aromatic heterocycles. The van der Waals surface area contributed by atoms with E-state index in [0.29, 0.717) is 5.69 Å². The van der Waals surface area contributed by atoms with Crippen LogP contribution in [0.3, 0.4) is 0 Å². The molecule has 4 nitrogen and oxygen atoms in total. The van der Waals surface area contributed by atoms with Crippen molar-refractivity contribution in [1.29, 1.82) is 0 Å². The van der Waals surface area contributed by atoms with Gasteiger partial charge in [0.1, 0.15) is 17.8 Å². The van der Waals surface area contributed by atoms with E-state index in [2.05, 4.69) is 26.9 Å². The summed E-state index contributed by atoms with van der Waals surface area (Å²) in [6.07, 6.45) is 3.12. The maximum absolute atomic E-state index is 13.0. The van der Waals surface area contributed by atoms with Crippen LogP contribution in [0.5, 0.6) is 0 Å². The van der Waals surface area contributed by atoms with Crippen molar-refractivity contribution >= 4 is 0 Å². The monoisotopic (exact) mass is 292 g/mol. The normalized spacial score (nSPS) is 10.1. The van der Waals surface area contributed by atoms with E-state index in [4.69, 9.17) is 0 Å². The Bertz CT molecular complexity index is 855. The molecule has 0 aliphatic rings. The number of benzene rings is 1. The van der Waals surface area contributed by atoms with E-state index in [1.807, 2.05) is 13.8 Å². The van der Waals surface area contributed by atoms with Crippen molar-refractivity contribution in [2.75, 3.05) is 0 Å². The van der Waals surface area contributed by atoms with Crippen LogP contribution in [-0.2, 0) is 0 Å². The van der Waals surface area contributed by atoms with Crippen LogP contribution in [0.15, 0.2) is 42.9 Å². The van der Waals surface area contributed by atoms with E-state index >= 15 is 0 Å². The second-order valence-corrected chi connectivity index (χ2v) is 4.78. The minimum atomic E-state index is -0.269. The molecular formula is C17H13FN4. The van der Waals surface area contributed by atoms with Gasteiger partial charge in [-0.15, -0.1) is 0 Å². The molecule has 0 bridgehead atoms. The quantitative estimate of drug-likeness (QED) is 0.648. The predicted molar refractivity (Wildman–Crippen MR) is 81.0 cm³/mol. The molecule has 0 aliphatic carbocycles. The van der Waals surface area contributed by atoms with Crippen LogP contribution < -0.4 is 0 Å². The maximum atomic E-state index is 13.0. The Morgan fingerprint density at radius 2 is 1.82 bits per heavy atom. The molecule has 2 heterocycles. The van der Waals surface area contributed by atoms with Gasteiger partial charge in [-0.25, -0.2) is 19.0 Å². The highest BCUT2D eigenvalue weighted by atomic mass is 19.1. The Kier molecular flexibility index (Phi) is 3.67. The Labute approximate surface area is 127 Å². The number of aryl methyl sites for hydroxylation is 1. The van der Waals surface area contributed by atoms with Gasteiger partial charge < -0.3 is 0 Å². The predicted octanol–water partition coefficient (Wildman–Crippen LogP) is 2.82. The molecule has 3 aromatic rings. The highest BCUT2D eigenvalue weighted by molar-refractivity contribution is 5.47. The van der Waals surface area contributed by atoms with Crippen molar-refractivity contribution < 1.29 is 4.39 Å². The first kappa shape index (κ1) is 14.0. The van der Waals surface area contributed by atoms with Gasteiger partial charge in [0.25, 0.3) is 0 Å². The largest absolute Gasteiger partial charge is 0.245 e. The van der Waals surface area contributed by atoms with E-state index < -0.39 is 0 Å². The first-order valence-electron chi connectivity index (χ1n) is 6.75. The fourth-order valence-electron chi connectivity index (χ4n) is 2.15. The molecule has 0 saturated carbocycles. The topological polar surface area (TPSA) is 43.6 Å². The Hall–Kier alpha value is -3.00. The molecule has 0 unspecified atom stereocenters. The fraction of sp³-hybridized carbons (Fsp3) is 0.118. The molecule has 0 fully saturated rings. The second kappa shape index (κ2) is 5.78. The van der Waals surface area contributed by atoms with Gasteiger partial charge in [0.2, 0.25) is 0 Å². The van der Waals surface area contributed by atoms with Gasteiger partial charge in [-0.1, -0.05) is 5.92 Å².